The largest absolute Gasteiger partial charge is 0.416 e. The van der Waals surface area contributed by atoms with E-state index in [9.17, 15) is 18.3 Å². The molecule has 0 aliphatic carbocycles. The van der Waals surface area contributed by atoms with Crippen molar-refractivity contribution in [3.8, 4) is 0 Å². The zero-order valence-electron chi connectivity index (χ0n) is 11.1. The standard InChI is InChI=1S/C14H20F3NO/c1-9(2)6-11(8-18)13(19)10-4-3-5-12(7-10)14(15,16)17/h3-5,7,9,11,13,19H,6,8,18H2,1-2H3. The first kappa shape index (κ1) is 16.0. The Labute approximate surface area is 111 Å². The van der Waals surface area contributed by atoms with Crippen molar-refractivity contribution in [3.63, 3.8) is 0 Å². The predicted molar refractivity (Wildman–Crippen MR) is 68.4 cm³/mol. The fraction of sp³-hybridized carbons (Fsp3) is 0.571. The minimum Gasteiger partial charge on any atom is -0.388 e. The monoisotopic (exact) mass is 275 g/mol. The highest BCUT2D eigenvalue weighted by atomic mass is 19.4. The van der Waals surface area contributed by atoms with Crippen LogP contribution in [0.3, 0.4) is 0 Å². The number of benzene rings is 1. The van der Waals surface area contributed by atoms with Crippen molar-refractivity contribution in [3.05, 3.63) is 35.4 Å². The van der Waals surface area contributed by atoms with Gasteiger partial charge in [-0.05, 0) is 36.6 Å². The smallest absolute Gasteiger partial charge is 0.388 e. The van der Waals surface area contributed by atoms with Crippen LogP contribution >= 0.6 is 0 Å². The van der Waals surface area contributed by atoms with Crippen LogP contribution in [0.1, 0.15) is 37.5 Å². The Bertz CT molecular complexity index is 404. The average molecular weight is 275 g/mol. The molecular formula is C14H20F3NO. The van der Waals surface area contributed by atoms with Crippen LogP contribution in [0.2, 0.25) is 0 Å². The van der Waals surface area contributed by atoms with Crippen molar-refractivity contribution in [2.45, 2.75) is 32.5 Å². The van der Waals surface area contributed by atoms with Crippen LogP contribution in [0.4, 0.5) is 13.2 Å². The Morgan fingerprint density at radius 1 is 1.26 bits per heavy atom. The van der Waals surface area contributed by atoms with E-state index in [-0.39, 0.29) is 18.0 Å². The van der Waals surface area contributed by atoms with Gasteiger partial charge in [-0.25, -0.2) is 0 Å². The van der Waals surface area contributed by atoms with Crippen LogP contribution in [0, 0.1) is 11.8 Å². The van der Waals surface area contributed by atoms with Crippen molar-refractivity contribution >= 4 is 0 Å². The van der Waals surface area contributed by atoms with E-state index in [4.69, 9.17) is 5.73 Å². The molecule has 0 radical (unpaired) electrons. The highest BCUT2D eigenvalue weighted by molar-refractivity contribution is 5.27. The Morgan fingerprint density at radius 2 is 1.89 bits per heavy atom. The Kier molecular flexibility index (Phi) is 5.38. The second-order valence-corrected chi connectivity index (χ2v) is 5.19. The molecule has 0 saturated heterocycles. The van der Waals surface area contributed by atoms with Crippen molar-refractivity contribution < 1.29 is 18.3 Å². The third kappa shape index (κ3) is 4.51. The maximum Gasteiger partial charge on any atom is 0.416 e. The first-order valence-electron chi connectivity index (χ1n) is 6.31. The molecule has 1 rings (SSSR count). The van der Waals surface area contributed by atoms with E-state index in [1.54, 1.807) is 0 Å². The molecule has 5 heteroatoms. The summed E-state index contributed by atoms with van der Waals surface area (Å²) >= 11 is 0. The number of nitrogens with two attached hydrogens (primary N) is 1. The van der Waals surface area contributed by atoms with Crippen LogP contribution in [0.15, 0.2) is 24.3 Å². The third-order valence-corrected chi connectivity index (χ3v) is 3.08. The van der Waals surface area contributed by atoms with Crippen molar-refractivity contribution in [2.75, 3.05) is 6.54 Å². The summed E-state index contributed by atoms with van der Waals surface area (Å²) in [6, 6.07) is 4.80. The quantitative estimate of drug-likeness (QED) is 0.865. The molecule has 0 aromatic heterocycles. The van der Waals surface area contributed by atoms with Gasteiger partial charge in [-0.1, -0.05) is 26.0 Å². The minimum absolute atomic E-state index is 0.233. The molecule has 2 nitrogen and oxygen atoms in total. The molecule has 3 N–H and O–H groups in total. The molecule has 0 spiro atoms. The summed E-state index contributed by atoms with van der Waals surface area (Å²) < 4.78 is 37.9. The summed E-state index contributed by atoms with van der Waals surface area (Å²) in [6.07, 6.45) is -4.69. The van der Waals surface area contributed by atoms with E-state index in [0.717, 1.165) is 12.1 Å². The molecule has 0 heterocycles. The molecular weight excluding hydrogens is 255 g/mol. The molecule has 2 unspecified atom stereocenters. The molecule has 0 aliphatic rings. The van der Waals surface area contributed by atoms with Gasteiger partial charge >= 0.3 is 6.18 Å². The van der Waals surface area contributed by atoms with Crippen LogP contribution < -0.4 is 5.73 Å². The van der Waals surface area contributed by atoms with Gasteiger partial charge in [0, 0.05) is 5.92 Å². The molecule has 0 fully saturated rings. The van der Waals surface area contributed by atoms with E-state index in [1.165, 1.54) is 12.1 Å². The van der Waals surface area contributed by atoms with Crippen molar-refractivity contribution in [2.24, 2.45) is 17.6 Å². The van der Waals surface area contributed by atoms with E-state index in [1.807, 2.05) is 13.8 Å². The first-order valence-corrected chi connectivity index (χ1v) is 6.31. The fourth-order valence-electron chi connectivity index (χ4n) is 2.13. The summed E-state index contributed by atoms with van der Waals surface area (Å²) in [6.45, 7) is 4.22. The lowest BCUT2D eigenvalue weighted by Gasteiger charge is -2.24. The number of aliphatic hydroxyl groups is 1. The van der Waals surface area contributed by atoms with Crippen molar-refractivity contribution in [1.82, 2.24) is 0 Å². The lowest BCUT2D eigenvalue weighted by molar-refractivity contribution is -0.137. The van der Waals surface area contributed by atoms with E-state index in [2.05, 4.69) is 0 Å². The molecule has 0 aliphatic heterocycles. The molecule has 1 aromatic rings. The minimum atomic E-state index is -4.40. The zero-order chi connectivity index (χ0) is 14.6. The van der Waals surface area contributed by atoms with Crippen molar-refractivity contribution in [1.29, 1.82) is 0 Å². The van der Waals surface area contributed by atoms with Gasteiger partial charge in [0.2, 0.25) is 0 Å². The number of rotatable bonds is 5. The topological polar surface area (TPSA) is 46.2 Å². The molecule has 1 aromatic carbocycles. The second kappa shape index (κ2) is 6.39. The molecule has 0 amide bonds. The van der Waals surface area contributed by atoms with Gasteiger partial charge in [-0.15, -0.1) is 0 Å². The SMILES string of the molecule is CC(C)CC(CN)C(O)c1cccc(C(F)(F)F)c1. The maximum atomic E-state index is 12.6. The van der Waals surface area contributed by atoms with Gasteiger partial charge in [0.25, 0.3) is 0 Å². The van der Waals surface area contributed by atoms with Crippen LogP contribution in [0.25, 0.3) is 0 Å². The average Bonchev–Trinajstić information content (AvgIpc) is 2.34. The summed E-state index contributed by atoms with van der Waals surface area (Å²) in [5.74, 6) is 0.0949. The summed E-state index contributed by atoms with van der Waals surface area (Å²) in [4.78, 5) is 0. The van der Waals surface area contributed by atoms with E-state index < -0.39 is 17.8 Å². The summed E-state index contributed by atoms with van der Waals surface area (Å²) in [5.41, 5.74) is 5.12. The zero-order valence-corrected chi connectivity index (χ0v) is 11.1. The maximum absolute atomic E-state index is 12.6. The Balaban J connectivity index is 2.95. The number of hydrogen-bond acceptors (Lipinski definition) is 2. The van der Waals surface area contributed by atoms with Gasteiger partial charge in [-0.2, -0.15) is 13.2 Å². The number of hydrogen-bond donors (Lipinski definition) is 2. The van der Waals surface area contributed by atoms with Crippen LogP contribution in [-0.2, 0) is 6.18 Å². The van der Waals surface area contributed by atoms with Gasteiger partial charge in [0.1, 0.15) is 0 Å². The summed E-state index contributed by atoms with van der Waals surface area (Å²) in [7, 11) is 0. The van der Waals surface area contributed by atoms with Crippen LogP contribution in [0.5, 0.6) is 0 Å². The predicted octanol–water partition coefficient (Wildman–Crippen LogP) is 3.36. The molecule has 0 bridgehead atoms. The van der Waals surface area contributed by atoms with Gasteiger partial charge in [0.05, 0.1) is 11.7 Å². The summed E-state index contributed by atoms with van der Waals surface area (Å²) in [5, 5.41) is 10.2. The van der Waals surface area contributed by atoms with Gasteiger partial charge in [-0.3, -0.25) is 0 Å². The highest BCUT2D eigenvalue weighted by Gasteiger charge is 2.31. The molecule has 19 heavy (non-hydrogen) atoms. The van der Waals surface area contributed by atoms with E-state index in [0.29, 0.717) is 12.3 Å². The highest BCUT2D eigenvalue weighted by Crippen LogP contribution is 2.33. The molecule has 0 saturated carbocycles. The lowest BCUT2D eigenvalue weighted by Crippen LogP contribution is -2.24. The van der Waals surface area contributed by atoms with Gasteiger partial charge < -0.3 is 10.8 Å². The molecule has 2 atom stereocenters. The Hall–Kier alpha value is -1.07. The number of halogens is 3. The number of aliphatic hydroxyl groups excluding tert-OH is 1. The normalized spacial score (nSPS) is 15.6. The van der Waals surface area contributed by atoms with E-state index >= 15 is 0 Å². The Morgan fingerprint density at radius 3 is 2.37 bits per heavy atom. The second-order valence-electron chi connectivity index (χ2n) is 5.19. The molecule has 108 valence electrons. The fourth-order valence-corrected chi connectivity index (χ4v) is 2.13. The lowest BCUT2D eigenvalue weighted by atomic mass is 9.88. The third-order valence-electron chi connectivity index (χ3n) is 3.08. The first-order chi connectivity index (χ1) is 8.75. The van der Waals surface area contributed by atoms with Crippen LogP contribution in [-0.4, -0.2) is 11.7 Å². The number of alkyl halides is 3. The van der Waals surface area contributed by atoms with Gasteiger partial charge in [0.15, 0.2) is 0 Å².